The molecule has 0 unspecified atom stereocenters. The van der Waals surface area contributed by atoms with Gasteiger partial charge in [0.1, 0.15) is 11.8 Å². The average molecular weight is 335 g/mol. The minimum Gasteiger partial charge on any atom is -0.263 e. The number of rotatable bonds is 2. The van der Waals surface area contributed by atoms with Gasteiger partial charge < -0.3 is 0 Å². The van der Waals surface area contributed by atoms with Crippen LogP contribution in [0.1, 0.15) is 16.8 Å². The number of pyridine rings is 1. The van der Waals surface area contributed by atoms with E-state index in [0.29, 0.717) is 21.0 Å². The summed E-state index contributed by atoms with van der Waals surface area (Å²) in [6, 6.07) is 4.73. The van der Waals surface area contributed by atoms with Gasteiger partial charge in [0.2, 0.25) is 0 Å². The Balaban J connectivity index is 2.08. The smallest absolute Gasteiger partial charge is 0.263 e. The minimum atomic E-state index is -4.45. The van der Waals surface area contributed by atoms with E-state index in [4.69, 9.17) is 5.26 Å². The Morgan fingerprint density at radius 2 is 2.00 bits per heavy atom. The standard InChI is InChI=1S/C14H8F3N5S/c1-7-2-11(12-10(4-18)20-22-21-12)23-13(7)8-3-9(6-19-5-8)14(15,16)17/h2-3,5-6H,1H3,(H,20,21,22). The third kappa shape index (κ3) is 2.80. The quantitative estimate of drug-likeness (QED) is 0.773. The summed E-state index contributed by atoms with van der Waals surface area (Å²) >= 11 is 1.24. The monoisotopic (exact) mass is 335 g/mol. The predicted octanol–water partition coefficient (Wildman–Crippen LogP) is 3.79. The number of H-pyrrole nitrogens is 1. The molecule has 0 atom stereocenters. The molecular formula is C14H8F3N5S. The first-order valence-corrected chi connectivity index (χ1v) is 7.16. The minimum absolute atomic E-state index is 0.139. The number of nitrogens with one attached hydrogen (secondary N) is 1. The Hall–Kier alpha value is -2.73. The van der Waals surface area contributed by atoms with Crippen molar-refractivity contribution in [1.29, 1.82) is 5.26 Å². The average Bonchev–Trinajstić information content (AvgIpc) is 3.12. The Morgan fingerprint density at radius 3 is 2.70 bits per heavy atom. The summed E-state index contributed by atoms with van der Waals surface area (Å²) < 4.78 is 38.4. The molecule has 0 aliphatic heterocycles. The normalized spacial score (nSPS) is 11.4. The van der Waals surface area contributed by atoms with Gasteiger partial charge in [0.15, 0.2) is 5.69 Å². The first kappa shape index (κ1) is 15.2. The van der Waals surface area contributed by atoms with E-state index in [1.165, 1.54) is 17.5 Å². The Labute approximate surface area is 132 Å². The molecular weight excluding hydrogens is 327 g/mol. The largest absolute Gasteiger partial charge is 0.417 e. The van der Waals surface area contributed by atoms with Gasteiger partial charge in [-0.15, -0.1) is 16.4 Å². The highest BCUT2D eigenvalue weighted by Gasteiger charge is 2.31. The van der Waals surface area contributed by atoms with Gasteiger partial charge >= 0.3 is 6.18 Å². The summed E-state index contributed by atoms with van der Waals surface area (Å²) in [5.41, 5.74) is 0.865. The molecule has 0 fully saturated rings. The molecule has 1 N–H and O–H groups in total. The Bertz CT molecular complexity index is 904. The van der Waals surface area contributed by atoms with E-state index < -0.39 is 11.7 Å². The highest BCUT2D eigenvalue weighted by Crippen LogP contribution is 2.39. The predicted molar refractivity (Wildman–Crippen MR) is 77.4 cm³/mol. The molecule has 0 saturated carbocycles. The summed E-state index contributed by atoms with van der Waals surface area (Å²) in [6.45, 7) is 1.78. The molecule has 3 aromatic rings. The van der Waals surface area contributed by atoms with Crippen LogP contribution in [0.4, 0.5) is 13.2 Å². The summed E-state index contributed by atoms with van der Waals surface area (Å²) in [5.74, 6) is 0. The lowest BCUT2D eigenvalue weighted by atomic mass is 10.1. The van der Waals surface area contributed by atoms with Crippen molar-refractivity contribution in [3.63, 3.8) is 0 Å². The third-order valence-electron chi connectivity index (χ3n) is 3.13. The molecule has 0 amide bonds. The van der Waals surface area contributed by atoms with Crippen LogP contribution in [-0.2, 0) is 6.18 Å². The van der Waals surface area contributed by atoms with Crippen molar-refractivity contribution in [3.8, 4) is 27.1 Å². The van der Waals surface area contributed by atoms with Crippen LogP contribution >= 0.6 is 11.3 Å². The number of nitriles is 1. The third-order valence-corrected chi connectivity index (χ3v) is 4.43. The van der Waals surface area contributed by atoms with E-state index in [1.54, 1.807) is 13.0 Å². The Morgan fingerprint density at radius 1 is 1.22 bits per heavy atom. The lowest BCUT2D eigenvalue weighted by Gasteiger charge is -2.07. The van der Waals surface area contributed by atoms with Crippen molar-refractivity contribution in [2.24, 2.45) is 0 Å². The SMILES string of the molecule is Cc1cc(-c2n[nH]nc2C#N)sc1-c1cncc(C(F)(F)F)c1. The van der Waals surface area contributed by atoms with Crippen molar-refractivity contribution in [2.75, 3.05) is 0 Å². The number of aryl methyl sites for hydroxylation is 1. The number of hydrogen-bond acceptors (Lipinski definition) is 5. The molecule has 3 rings (SSSR count). The van der Waals surface area contributed by atoms with Crippen LogP contribution in [-0.4, -0.2) is 20.4 Å². The van der Waals surface area contributed by atoms with Gasteiger partial charge in [-0.2, -0.15) is 28.7 Å². The van der Waals surface area contributed by atoms with Crippen LogP contribution in [0.2, 0.25) is 0 Å². The topological polar surface area (TPSA) is 78.2 Å². The second-order valence-corrected chi connectivity index (χ2v) is 5.77. The fourth-order valence-corrected chi connectivity index (χ4v) is 3.23. The van der Waals surface area contributed by atoms with Gasteiger partial charge in [-0.05, 0) is 24.6 Å². The molecule has 0 aliphatic rings. The molecule has 0 spiro atoms. The van der Waals surface area contributed by atoms with Crippen molar-refractivity contribution < 1.29 is 13.2 Å². The zero-order chi connectivity index (χ0) is 16.6. The van der Waals surface area contributed by atoms with E-state index in [0.717, 1.165) is 17.8 Å². The Kier molecular flexibility index (Phi) is 3.61. The fourth-order valence-electron chi connectivity index (χ4n) is 2.09. The number of thiophene rings is 1. The van der Waals surface area contributed by atoms with Crippen LogP contribution in [0.25, 0.3) is 21.0 Å². The van der Waals surface area contributed by atoms with Crippen molar-refractivity contribution in [2.45, 2.75) is 13.1 Å². The molecule has 0 aromatic carbocycles. The highest BCUT2D eigenvalue weighted by atomic mass is 32.1. The van der Waals surface area contributed by atoms with Gasteiger partial charge in [-0.3, -0.25) is 4.98 Å². The molecule has 9 heteroatoms. The number of hydrogen-bond donors (Lipinski definition) is 1. The van der Waals surface area contributed by atoms with Gasteiger partial charge in [0, 0.05) is 22.8 Å². The van der Waals surface area contributed by atoms with Gasteiger partial charge in [-0.25, -0.2) is 0 Å². The highest BCUT2D eigenvalue weighted by molar-refractivity contribution is 7.19. The van der Waals surface area contributed by atoms with Gasteiger partial charge in [0.05, 0.1) is 10.4 Å². The van der Waals surface area contributed by atoms with Crippen LogP contribution < -0.4 is 0 Å². The second-order valence-electron chi connectivity index (χ2n) is 4.72. The molecule has 0 saturated heterocycles. The summed E-state index contributed by atoms with van der Waals surface area (Å²) in [6.07, 6.45) is -2.28. The van der Waals surface area contributed by atoms with Gasteiger partial charge in [-0.1, -0.05) is 0 Å². The summed E-state index contributed by atoms with van der Waals surface area (Å²) in [4.78, 5) is 4.97. The zero-order valence-electron chi connectivity index (χ0n) is 11.6. The van der Waals surface area contributed by atoms with Crippen LogP contribution in [0, 0.1) is 18.3 Å². The number of alkyl halides is 3. The van der Waals surface area contributed by atoms with E-state index in [2.05, 4.69) is 20.4 Å². The molecule has 23 heavy (non-hydrogen) atoms. The summed E-state index contributed by atoms with van der Waals surface area (Å²) in [5, 5.41) is 19.0. The first-order valence-electron chi connectivity index (χ1n) is 6.34. The fraction of sp³-hybridized carbons (Fsp3) is 0.143. The van der Waals surface area contributed by atoms with E-state index in [9.17, 15) is 13.2 Å². The van der Waals surface area contributed by atoms with E-state index >= 15 is 0 Å². The number of halogens is 3. The first-order chi connectivity index (χ1) is 10.9. The lowest BCUT2D eigenvalue weighted by Crippen LogP contribution is -2.05. The second kappa shape index (κ2) is 5.48. The van der Waals surface area contributed by atoms with Crippen molar-refractivity contribution >= 4 is 11.3 Å². The maximum atomic E-state index is 12.8. The maximum absolute atomic E-state index is 12.8. The molecule has 0 radical (unpaired) electrons. The zero-order valence-corrected chi connectivity index (χ0v) is 12.5. The van der Waals surface area contributed by atoms with Crippen molar-refractivity contribution in [3.05, 3.63) is 41.3 Å². The maximum Gasteiger partial charge on any atom is 0.417 e. The van der Waals surface area contributed by atoms with E-state index in [-0.39, 0.29) is 5.69 Å². The lowest BCUT2D eigenvalue weighted by molar-refractivity contribution is -0.137. The molecule has 3 heterocycles. The van der Waals surface area contributed by atoms with Crippen molar-refractivity contribution in [1.82, 2.24) is 20.4 Å². The molecule has 116 valence electrons. The van der Waals surface area contributed by atoms with Crippen LogP contribution in [0.15, 0.2) is 24.5 Å². The molecule has 3 aromatic heterocycles. The van der Waals surface area contributed by atoms with Crippen LogP contribution in [0.5, 0.6) is 0 Å². The van der Waals surface area contributed by atoms with E-state index in [1.807, 2.05) is 6.07 Å². The number of aromatic amines is 1. The summed E-state index contributed by atoms with van der Waals surface area (Å²) in [7, 11) is 0. The number of nitrogens with zero attached hydrogens (tertiary/aromatic N) is 4. The molecule has 5 nitrogen and oxygen atoms in total. The van der Waals surface area contributed by atoms with Gasteiger partial charge in [0.25, 0.3) is 0 Å². The molecule has 0 bridgehead atoms. The number of aromatic nitrogens is 4. The molecule has 0 aliphatic carbocycles. The van der Waals surface area contributed by atoms with Crippen LogP contribution in [0.3, 0.4) is 0 Å².